The van der Waals surface area contributed by atoms with Crippen LogP contribution in [-0.2, 0) is 25.7 Å². The number of nitrogens with zero attached hydrogens (tertiary/aromatic N) is 2. The number of benzene rings is 2. The summed E-state index contributed by atoms with van der Waals surface area (Å²) in [5, 5.41) is 6.26. The van der Waals surface area contributed by atoms with Gasteiger partial charge in [0.1, 0.15) is 11.6 Å². The summed E-state index contributed by atoms with van der Waals surface area (Å²) < 4.78 is 7.42. The van der Waals surface area contributed by atoms with Crippen LogP contribution in [0, 0.1) is 11.8 Å². The van der Waals surface area contributed by atoms with E-state index in [0.29, 0.717) is 18.7 Å². The van der Waals surface area contributed by atoms with Gasteiger partial charge >= 0.3 is 0 Å². The van der Waals surface area contributed by atoms with E-state index in [1.165, 1.54) is 12.0 Å². The van der Waals surface area contributed by atoms with Crippen LogP contribution in [0.15, 0.2) is 71.2 Å². The molecule has 43 heavy (non-hydrogen) atoms. The maximum Gasteiger partial charge on any atom is 0.246 e. The summed E-state index contributed by atoms with van der Waals surface area (Å²) in [4.78, 5) is 46.1. The molecule has 8 nitrogen and oxygen atoms in total. The third-order valence-electron chi connectivity index (χ3n) is 9.56. The minimum Gasteiger partial charge on any atom is -0.359 e. The average molecular weight is 650 g/mol. The van der Waals surface area contributed by atoms with Crippen molar-refractivity contribution in [3.63, 3.8) is 0 Å². The Morgan fingerprint density at radius 1 is 1.05 bits per heavy atom. The second kappa shape index (κ2) is 12.9. The van der Waals surface area contributed by atoms with Crippen molar-refractivity contribution in [1.82, 2.24) is 15.1 Å². The number of anilines is 1. The highest BCUT2D eigenvalue weighted by atomic mass is 79.9. The van der Waals surface area contributed by atoms with Crippen molar-refractivity contribution in [2.75, 3.05) is 25.0 Å². The molecule has 2 aromatic rings. The van der Waals surface area contributed by atoms with Gasteiger partial charge in [-0.2, -0.15) is 0 Å². The van der Waals surface area contributed by atoms with Crippen molar-refractivity contribution >= 4 is 39.3 Å². The van der Waals surface area contributed by atoms with Crippen LogP contribution < -0.4 is 10.6 Å². The van der Waals surface area contributed by atoms with Gasteiger partial charge in [-0.1, -0.05) is 84.6 Å². The number of nitrogens with one attached hydrogen (secondary N) is 2. The van der Waals surface area contributed by atoms with Crippen molar-refractivity contribution in [1.29, 1.82) is 0 Å². The minimum absolute atomic E-state index is 0.106. The van der Waals surface area contributed by atoms with E-state index in [1.54, 1.807) is 4.90 Å². The lowest BCUT2D eigenvalue weighted by Gasteiger charge is -2.34. The van der Waals surface area contributed by atoms with Gasteiger partial charge in [-0.15, -0.1) is 0 Å². The van der Waals surface area contributed by atoms with Crippen molar-refractivity contribution in [2.24, 2.45) is 11.8 Å². The molecule has 1 spiro atoms. The molecule has 9 heteroatoms. The van der Waals surface area contributed by atoms with Crippen LogP contribution in [0.5, 0.6) is 0 Å². The molecule has 2 N–H and O–H groups in total. The lowest BCUT2D eigenvalue weighted by molar-refractivity contribution is -0.141. The van der Waals surface area contributed by atoms with Gasteiger partial charge in [0.2, 0.25) is 17.7 Å². The van der Waals surface area contributed by atoms with E-state index in [1.807, 2.05) is 54.6 Å². The molecule has 2 saturated heterocycles. The molecule has 2 bridgehead atoms. The Labute approximate surface area is 262 Å². The summed E-state index contributed by atoms with van der Waals surface area (Å²) in [7, 11) is 0. The highest BCUT2D eigenvalue weighted by Crippen LogP contribution is 2.55. The molecule has 1 saturated carbocycles. The number of likely N-dealkylation sites (tertiary alicyclic amines) is 1. The fourth-order valence-electron chi connectivity index (χ4n) is 7.45. The first-order valence-electron chi connectivity index (χ1n) is 15.7. The standard InChI is InChI=1S/C34H41BrN4O4/c1-2-38(22-23-10-5-3-6-11-23)20-9-21-39-30(32(41)37-25-12-7-4-8-13-25)34-19-18-27(43-34)28(29(34)33(39)42)31(40)36-26-16-14-24(35)15-17-26/h3,5-6,10-11,14-19,25,27-30H,2,4,7-9,12-13,20-22H2,1H3,(H,36,40)(H,37,41). The van der Waals surface area contributed by atoms with Gasteiger partial charge in [0.25, 0.3) is 0 Å². The van der Waals surface area contributed by atoms with Crippen LogP contribution in [0.1, 0.15) is 51.0 Å². The van der Waals surface area contributed by atoms with E-state index < -0.39 is 29.6 Å². The molecular formula is C34H41BrN4O4. The number of hydrogen-bond donors (Lipinski definition) is 2. The van der Waals surface area contributed by atoms with Crippen LogP contribution in [0.25, 0.3) is 0 Å². The zero-order chi connectivity index (χ0) is 30.0. The van der Waals surface area contributed by atoms with Gasteiger partial charge in [0.15, 0.2) is 0 Å². The Bertz CT molecular complexity index is 1350. The minimum atomic E-state index is -1.14. The molecule has 1 aliphatic carbocycles. The van der Waals surface area contributed by atoms with Gasteiger partial charge < -0.3 is 20.3 Å². The van der Waals surface area contributed by atoms with Gasteiger partial charge in [0, 0.05) is 35.8 Å². The Morgan fingerprint density at radius 2 is 1.79 bits per heavy atom. The normalized spacial score (nSPS) is 28.0. The summed E-state index contributed by atoms with van der Waals surface area (Å²) in [6.45, 7) is 5.06. The van der Waals surface area contributed by atoms with Gasteiger partial charge in [-0.05, 0) is 55.6 Å². The molecule has 0 aromatic heterocycles. The molecule has 228 valence electrons. The summed E-state index contributed by atoms with van der Waals surface area (Å²) in [6.07, 6.45) is 9.21. The molecular weight excluding hydrogens is 608 g/mol. The second-order valence-corrected chi connectivity index (χ2v) is 13.2. The third-order valence-corrected chi connectivity index (χ3v) is 10.1. The number of hydrogen-bond acceptors (Lipinski definition) is 5. The Kier molecular flexibility index (Phi) is 9.03. The molecule has 6 rings (SSSR count). The predicted octanol–water partition coefficient (Wildman–Crippen LogP) is 4.90. The Hall–Kier alpha value is -3.01. The molecule has 3 aliphatic heterocycles. The first kappa shape index (κ1) is 30.0. The first-order chi connectivity index (χ1) is 20.9. The molecule has 5 atom stereocenters. The summed E-state index contributed by atoms with van der Waals surface area (Å²) >= 11 is 3.43. The van der Waals surface area contributed by atoms with Gasteiger partial charge in [-0.25, -0.2) is 0 Å². The van der Waals surface area contributed by atoms with Crippen molar-refractivity contribution in [2.45, 2.75) is 75.8 Å². The lowest BCUT2D eigenvalue weighted by Crippen LogP contribution is -2.56. The van der Waals surface area contributed by atoms with Crippen LogP contribution in [0.2, 0.25) is 0 Å². The quantitative estimate of drug-likeness (QED) is 0.338. The molecule has 4 aliphatic rings. The lowest BCUT2D eigenvalue weighted by atomic mass is 9.74. The number of fused-ring (bicyclic) bond motifs is 1. The smallest absolute Gasteiger partial charge is 0.246 e. The Morgan fingerprint density at radius 3 is 2.51 bits per heavy atom. The number of amides is 3. The zero-order valence-electron chi connectivity index (χ0n) is 24.7. The SMILES string of the molecule is CCN(CCCN1C(=O)C2C(C(=O)Nc3ccc(Br)cc3)C3C=CC2(O3)C1C(=O)NC1CCCCC1)Cc1ccccc1. The number of carbonyl (C=O) groups is 3. The van der Waals surface area contributed by atoms with Crippen molar-refractivity contribution in [3.05, 3.63) is 76.8 Å². The molecule has 2 aromatic carbocycles. The summed E-state index contributed by atoms with van der Waals surface area (Å²) in [5.41, 5.74) is 0.757. The fraction of sp³-hybridized carbons (Fsp3) is 0.500. The van der Waals surface area contributed by atoms with Crippen LogP contribution in [0.3, 0.4) is 0 Å². The second-order valence-electron chi connectivity index (χ2n) is 12.3. The van der Waals surface area contributed by atoms with E-state index in [2.05, 4.69) is 50.5 Å². The third kappa shape index (κ3) is 6.04. The maximum absolute atomic E-state index is 14.3. The van der Waals surface area contributed by atoms with E-state index in [4.69, 9.17) is 4.74 Å². The van der Waals surface area contributed by atoms with Crippen LogP contribution >= 0.6 is 15.9 Å². The van der Waals surface area contributed by atoms with Gasteiger partial charge in [0.05, 0.1) is 17.9 Å². The topological polar surface area (TPSA) is 91.0 Å². The monoisotopic (exact) mass is 648 g/mol. The van der Waals surface area contributed by atoms with E-state index in [0.717, 1.165) is 49.8 Å². The van der Waals surface area contributed by atoms with Crippen molar-refractivity contribution < 1.29 is 19.1 Å². The maximum atomic E-state index is 14.3. The van der Waals surface area contributed by atoms with Crippen LogP contribution in [0.4, 0.5) is 5.69 Å². The molecule has 3 amide bonds. The largest absolute Gasteiger partial charge is 0.359 e. The van der Waals surface area contributed by atoms with E-state index in [-0.39, 0.29) is 23.8 Å². The first-order valence-corrected chi connectivity index (χ1v) is 16.5. The average Bonchev–Trinajstić information content (AvgIpc) is 3.66. The molecule has 3 fully saturated rings. The highest BCUT2D eigenvalue weighted by Gasteiger charge is 2.72. The zero-order valence-corrected chi connectivity index (χ0v) is 26.3. The molecule has 0 radical (unpaired) electrons. The van der Waals surface area contributed by atoms with Crippen LogP contribution in [-0.4, -0.2) is 70.9 Å². The highest BCUT2D eigenvalue weighted by molar-refractivity contribution is 9.10. The fourth-order valence-corrected chi connectivity index (χ4v) is 7.71. The van der Waals surface area contributed by atoms with E-state index in [9.17, 15) is 14.4 Å². The number of halogens is 1. The number of rotatable bonds is 11. The van der Waals surface area contributed by atoms with Crippen molar-refractivity contribution in [3.8, 4) is 0 Å². The number of carbonyl (C=O) groups excluding carboxylic acids is 3. The number of ether oxygens (including phenoxy) is 1. The predicted molar refractivity (Wildman–Crippen MR) is 169 cm³/mol. The summed E-state index contributed by atoms with van der Waals surface area (Å²) in [6, 6.07) is 17.0. The Balaban J connectivity index is 1.22. The summed E-state index contributed by atoms with van der Waals surface area (Å²) in [5.74, 6) is -2.05. The molecule has 5 unspecified atom stereocenters. The van der Waals surface area contributed by atoms with Gasteiger partial charge in [-0.3, -0.25) is 19.3 Å². The van der Waals surface area contributed by atoms with E-state index >= 15 is 0 Å². The molecule has 3 heterocycles.